The highest BCUT2D eigenvalue weighted by molar-refractivity contribution is 14.0. The summed E-state index contributed by atoms with van der Waals surface area (Å²) in [6, 6.07) is 0. The number of aliphatic imine (C=N–C) groups is 1. The first-order chi connectivity index (χ1) is 9.61. The minimum atomic E-state index is -0.0226. The van der Waals surface area contributed by atoms with Gasteiger partial charge in [0.1, 0.15) is 0 Å². The van der Waals surface area contributed by atoms with Crippen molar-refractivity contribution in [2.75, 3.05) is 46.9 Å². The van der Waals surface area contributed by atoms with E-state index in [0.717, 1.165) is 38.0 Å². The lowest BCUT2D eigenvalue weighted by molar-refractivity contribution is 0.0242. The SMILES string of the molecule is CN=C(NCC1CCN(C)CC1)NCC1(C)CCCO1.I. The lowest BCUT2D eigenvalue weighted by atomic mass is 9.97. The maximum atomic E-state index is 5.79. The van der Waals surface area contributed by atoms with Crippen molar-refractivity contribution in [1.29, 1.82) is 0 Å². The number of nitrogens with one attached hydrogen (secondary N) is 2. The summed E-state index contributed by atoms with van der Waals surface area (Å²) in [5.41, 5.74) is -0.0226. The minimum Gasteiger partial charge on any atom is -0.373 e. The van der Waals surface area contributed by atoms with Gasteiger partial charge in [0.05, 0.1) is 5.60 Å². The molecule has 0 aliphatic carbocycles. The summed E-state index contributed by atoms with van der Waals surface area (Å²) in [5.74, 6) is 1.67. The molecule has 5 nitrogen and oxygen atoms in total. The van der Waals surface area contributed by atoms with Crippen LogP contribution in [0.3, 0.4) is 0 Å². The van der Waals surface area contributed by atoms with Crippen LogP contribution in [0.5, 0.6) is 0 Å². The van der Waals surface area contributed by atoms with Gasteiger partial charge < -0.3 is 20.3 Å². The summed E-state index contributed by atoms with van der Waals surface area (Å²) in [6.07, 6.45) is 4.86. The highest BCUT2D eigenvalue weighted by atomic mass is 127. The van der Waals surface area contributed by atoms with E-state index < -0.39 is 0 Å². The van der Waals surface area contributed by atoms with Gasteiger partial charge in [0.2, 0.25) is 0 Å². The van der Waals surface area contributed by atoms with E-state index in [9.17, 15) is 0 Å². The van der Waals surface area contributed by atoms with Crippen molar-refractivity contribution in [3.63, 3.8) is 0 Å². The summed E-state index contributed by atoms with van der Waals surface area (Å²) in [4.78, 5) is 6.71. The molecule has 0 aromatic rings. The van der Waals surface area contributed by atoms with E-state index in [0.29, 0.717) is 0 Å². The fraction of sp³-hybridized carbons (Fsp3) is 0.933. The lowest BCUT2D eigenvalue weighted by Crippen LogP contribution is -2.47. The van der Waals surface area contributed by atoms with E-state index in [1.54, 1.807) is 0 Å². The molecule has 2 aliphatic rings. The first kappa shape index (κ1) is 19.0. The Hall–Kier alpha value is -0.0800. The zero-order valence-electron chi connectivity index (χ0n) is 13.7. The first-order valence-corrected chi connectivity index (χ1v) is 7.88. The first-order valence-electron chi connectivity index (χ1n) is 7.88. The zero-order valence-corrected chi connectivity index (χ0v) is 16.0. The van der Waals surface area contributed by atoms with Gasteiger partial charge in [-0.25, -0.2) is 0 Å². The van der Waals surface area contributed by atoms with Crippen LogP contribution in [0.1, 0.15) is 32.6 Å². The van der Waals surface area contributed by atoms with Gasteiger partial charge in [-0.15, -0.1) is 24.0 Å². The minimum absolute atomic E-state index is 0. The molecule has 0 saturated carbocycles. The molecule has 2 N–H and O–H groups in total. The third-order valence-electron chi connectivity index (χ3n) is 4.55. The number of halogens is 1. The number of hydrogen-bond acceptors (Lipinski definition) is 3. The summed E-state index contributed by atoms with van der Waals surface area (Å²) in [5, 5.41) is 6.86. The van der Waals surface area contributed by atoms with Gasteiger partial charge in [-0.3, -0.25) is 4.99 Å². The molecular formula is C15H31IN4O. The highest BCUT2D eigenvalue weighted by Crippen LogP contribution is 2.23. The smallest absolute Gasteiger partial charge is 0.191 e. The van der Waals surface area contributed by atoms with Crippen LogP contribution in [-0.2, 0) is 4.74 Å². The van der Waals surface area contributed by atoms with Crippen LogP contribution in [0, 0.1) is 5.92 Å². The highest BCUT2D eigenvalue weighted by Gasteiger charge is 2.29. The predicted octanol–water partition coefficient (Wildman–Crippen LogP) is 1.68. The van der Waals surface area contributed by atoms with Crippen LogP contribution in [-0.4, -0.2) is 63.3 Å². The molecule has 0 radical (unpaired) electrons. The second kappa shape index (κ2) is 9.15. The molecule has 0 amide bonds. The summed E-state index contributed by atoms with van der Waals surface area (Å²) in [7, 11) is 4.04. The maximum absolute atomic E-state index is 5.79. The number of likely N-dealkylation sites (tertiary alicyclic amines) is 1. The number of rotatable bonds is 4. The predicted molar refractivity (Wildman–Crippen MR) is 98.6 cm³/mol. The Morgan fingerprint density at radius 1 is 1.33 bits per heavy atom. The summed E-state index contributed by atoms with van der Waals surface area (Å²) in [6.45, 7) is 7.34. The zero-order chi connectivity index (χ0) is 14.4. The Morgan fingerprint density at radius 2 is 2.05 bits per heavy atom. The number of nitrogens with zero attached hydrogens (tertiary/aromatic N) is 2. The van der Waals surface area contributed by atoms with Gasteiger partial charge in [0.25, 0.3) is 0 Å². The van der Waals surface area contributed by atoms with Crippen molar-refractivity contribution in [3.05, 3.63) is 0 Å². The molecule has 2 fully saturated rings. The Bertz CT molecular complexity index is 324. The third kappa shape index (κ3) is 6.28. The molecule has 2 rings (SSSR count). The van der Waals surface area contributed by atoms with E-state index in [2.05, 4.69) is 34.5 Å². The molecule has 2 saturated heterocycles. The van der Waals surface area contributed by atoms with Gasteiger partial charge in [0, 0.05) is 26.7 Å². The van der Waals surface area contributed by atoms with Crippen LogP contribution >= 0.6 is 24.0 Å². The number of hydrogen-bond donors (Lipinski definition) is 2. The largest absolute Gasteiger partial charge is 0.373 e. The quantitative estimate of drug-likeness (QED) is 0.421. The number of guanidine groups is 1. The molecule has 0 spiro atoms. The van der Waals surface area contributed by atoms with Gasteiger partial charge in [-0.1, -0.05) is 0 Å². The molecule has 21 heavy (non-hydrogen) atoms. The molecule has 0 aromatic carbocycles. The topological polar surface area (TPSA) is 48.9 Å². The van der Waals surface area contributed by atoms with Crippen molar-refractivity contribution >= 4 is 29.9 Å². The third-order valence-corrected chi connectivity index (χ3v) is 4.55. The van der Waals surface area contributed by atoms with E-state index >= 15 is 0 Å². The molecule has 6 heteroatoms. The lowest BCUT2D eigenvalue weighted by Gasteiger charge is -2.30. The second-order valence-corrected chi connectivity index (χ2v) is 6.46. The van der Waals surface area contributed by atoms with Crippen molar-refractivity contribution in [2.24, 2.45) is 10.9 Å². The number of piperidine rings is 1. The fourth-order valence-electron chi connectivity index (χ4n) is 2.97. The Labute approximate surface area is 146 Å². The Balaban J connectivity index is 0.00000220. The normalized spacial score (nSPS) is 28.2. The average Bonchev–Trinajstić information content (AvgIpc) is 2.88. The van der Waals surface area contributed by atoms with E-state index in [4.69, 9.17) is 4.74 Å². The van der Waals surface area contributed by atoms with E-state index in [-0.39, 0.29) is 29.6 Å². The van der Waals surface area contributed by atoms with E-state index in [1.165, 1.54) is 32.4 Å². The molecule has 1 atom stereocenters. The van der Waals surface area contributed by atoms with Crippen LogP contribution in [0.2, 0.25) is 0 Å². The van der Waals surface area contributed by atoms with Gasteiger partial charge in [0.15, 0.2) is 5.96 Å². The van der Waals surface area contributed by atoms with Crippen molar-refractivity contribution < 1.29 is 4.74 Å². The fourth-order valence-corrected chi connectivity index (χ4v) is 2.97. The number of ether oxygens (including phenoxy) is 1. The molecule has 0 bridgehead atoms. The standard InChI is InChI=1S/C15H30N4O.HI/c1-15(7-4-10-20-15)12-18-14(16-2)17-11-13-5-8-19(3)9-6-13;/h13H,4-12H2,1-3H3,(H2,16,17,18);1H. The van der Waals surface area contributed by atoms with Crippen molar-refractivity contribution in [2.45, 2.75) is 38.2 Å². The second-order valence-electron chi connectivity index (χ2n) is 6.46. The van der Waals surface area contributed by atoms with Crippen LogP contribution < -0.4 is 10.6 Å². The molecule has 124 valence electrons. The van der Waals surface area contributed by atoms with Gasteiger partial charge >= 0.3 is 0 Å². The van der Waals surface area contributed by atoms with Gasteiger partial charge in [-0.2, -0.15) is 0 Å². The summed E-state index contributed by atoms with van der Waals surface area (Å²) >= 11 is 0. The van der Waals surface area contributed by atoms with Crippen LogP contribution in [0.25, 0.3) is 0 Å². The van der Waals surface area contributed by atoms with Gasteiger partial charge in [-0.05, 0) is 58.7 Å². The molecule has 2 aliphatic heterocycles. The van der Waals surface area contributed by atoms with Crippen LogP contribution in [0.4, 0.5) is 0 Å². The Kier molecular flexibility index (Phi) is 8.26. The Morgan fingerprint density at radius 3 is 2.62 bits per heavy atom. The maximum Gasteiger partial charge on any atom is 0.191 e. The molecule has 0 aromatic heterocycles. The summed E-state index contributed by atoms with van der Waals surface area (Å²) < 4.78 is 5.79. The van der Waals surface area contributed by atoms with Crippen LogP contribution in [0.15, 0.2) is 4.99 Å². The average molecular weight is 410 g/mol. The van der Waals surface area contributed by atoms with Crippen molar-refractivity contribution in [3.8, 4) is 0 Å². The molecule has 2 heterocycles. The monoisotopic (exact) mass is 410 g/mol. The van der Waals surface area contributed by atoms with E-state index in [1.807, 2.05) is 7.05 Å². The molecule has 1 unspecified atom stereocenters. The molecular weight excluding hydrogens is 379 g/mol. The van der Waals surface area contributed by atoms with Crippen molar-refractivity contribution in [1.82, 2.24) is 15.5 Å².